The van der Waals surface area contributed by atoms with Crippen molar-refractivity contribution >= 4 is 21.8 Å². The molecule has 2 rings (SSSR count). The summed E-state index contributed by atoms with van der Waals surface area (Å²) >= 11 is 3.39. The largest absolute Gasteiger partial charge is 0.345 e. The average Bonchev–Trinajstić information content (AvgIpc) is 2.84. The fourth-order valence-electron chi connectivity index (χ4n) is 2.25. The van der Waals surface area contributed by atoms with Crippen LogP contribution in [0.4, 0.5) is 0 Å². The van der Waals surface area contributed by atoms with Gasteiger partial charge in [0.2, 0.25) is 0 Å². The number of hydrogen-bond acceptors (Lipinski definition) is 1. The lowest BCUT2D eigenvalue weighted by Gasteiger charge is -2.16. The van der Waals surface area contributed by atoms with Gasteiger partial charge in [0.25, 0.3) is 5.91 Å². The van der Waals surface area contributed by atoms with Gasteiger partial charge in [-0.1, -0.05) is 13.3 Å². The molecule has 1 aromatic heterocycles. The summed E-state index contributed by atoms with van der Waals surface area (Å²) in [4.78, 5) is 14.2. The molecule has 0 N–H and O–H groups in total. The monoisotopic (exact) mass is 284 g/mol. The first-order valence-electron chi connectivity index (χ1n) is 5.73. The molecule has 0 aliphatic carbocycles. The van der Waals surface area contributed by atoms with Gasteiger partial charge in [-0.15, -0.1) is 0 Å². The Balaban J connectivity index is 2.11. The number of halogens is 1. The van der Waals surface area contributed by atoms with Crippen LogP contribution in [-0.2, 0) is 7.05 Å². The molecule has 1 fully saturated rings. The van der Waals surface area contributed by atoms with Gasteiger partial charge >= 0.3 is 0 Å². The minimum Gasteiger partial charge on any atom is -0.345 e. The fourth-order valence-corrected chi connectivity index (χ4v) is 2.77. The third-order valence-corrected chi connectivity index (χ3v) is 3.77. The molecule has 88 valence electrons. The van der Waals surface area contributed by atoms with E-state index in [1.54, 1.807) is 0 Å². The average molecular weight is 285 g/mol. The summed E-state index contributed by atoms with van der Waals surface area (Å²) in [5.74, 6) is 0.844. The van der Waals surface area contributed by atoms with Crippen molar-refractivity contribution in [3.63, 3.8) is 0 Å². The Morgan fingerprint density at radius 2 is 2.38 bits per heavy atom. The Labute approximate surface area is 105 Å². The molecule has 16 heavy (non-hydrogen) atoms. The van der Waals surface area contributed by atoms with Crippen LogP contribution in [0.3, 0.4) is 0 Å². The maximum Gasteiger partial charge on any atom is 0.270 e. The van der Waals surface area contributed by atoms with Gasteiger partial charge in [-0.2, -0.15) is 0 Å². The first-order valence-corrected chi connectivity index (χ1v) is 6.52. The molecular formula is C12H17BrN2O. The Bertz CT molecular complexity index is 400. The summed E-state index contributed by atoms with van der Waals surface area (Å²) in [7, 11) is 1.91. The third kappa shape index (κ3) is 2.17. The van der Waals surface area contributed by atoms with Gasteiger partial charge in [-0.3, -0.25) is 4.79 Å². The maximum absolute atomic E-state index is 12.2. The van der Waals surface area contributed by atoms with Gasteiger partial charge in [0.1, 0.15) is 5.69 Å². The highest BCUT2D eigenvalue weighted by atomic mass is 79.9. The van der Waals surface area contributed by atoms with Crippen LogP contribution in [0.1, 0.15) is 30.3 Å². The summed E-state index contributed by atoms with van der Waals surface area (Å²) in [6.45, 7) is 4.01. The van der Waals surface area contributed by atoms with E-state index in [9.17, 15) is 4.79 Å². The summed E-state index contributed by atoms with van der Waals surface area (Å²) < 4.78 is 2.84. The summed E-state index contributed by atoms with van der Waals surface area (Å²) in [6, 6.07) is 1.89. The first-order chi connectivity index (χ1) is 7.61. The molecule has 1 aliphatic heterocycles. The van der Waals surface area contributed by atoms with Crippen LogP contribution >= 0.6 is 15.9 Å². The number of carbonyl (C=O) groups is 1. The molecule has 1 amide bonds. The molecule has 0 radical (unpaired) electrons. The maximum atomic E-state index is 12.2. The minimum atomic E-state index is 0.157. The first kappa shape index (κ1) is 11.7. The zero-order chi connectivity index (χ0) is 11.7. The molecule has 1 aliphatic rings. The van der Waals surface area contributed by atoms with Crippen molar-refractivity contribution in [3.8, 4) is 0 Å². The van der Waals surface area contributed by atoms with Crippen LogP contribution in [0, 0.1) is 5.92 Å². The van der Waals surface area contributed by atoms with E-state index in [1.165, 1.54) is 6.42 Å². The summed E-state index contributed by atoms with van der Waals surface area (Å²) in [5.41, 5.74) is 0.767. The molecule has 1 saturated heterocycles. The standard InChI is InChI=1S/C12H17BrN2O/c1-3-9-4-5-15(7-9)12(16)11-6-10(13)8-14(11)2/h6,8-9H,3-5,7H2,1-2H3. The topological polar surface area (TPSA) is 25.2 Å². The molecular weight excluding hydrogens is 268 g/mol. The second-order valence-corrected chi connectivity index (χ2v) is 5.38. The molecule has 3 nitrogen and oxygen atoms in total. The normalized spacial score (nSPS) is 20.4. The number of amides is 1. The van der Waals surface area contributed by atoms with Crippen molar-refractivity contribution in [1.29, 1.82) is 0 Å². The summed E-state index contributed by atoms with van der Waals surface area (Å²) in [5, 5.41) is 0. The van der Waals surface area contributed by atoms with Crippen LogP contribution < -0.4 is 0 Å². The number of likely N-dealkylation sites (tertiary alicyclic amines) is 1. The van der Waals surface area contributed by atoms with Gasteiger partial charge < -0.3 is 9.47 Å². The smallest absolute Gasteiger partial charge is 0.270 e. The van der Waals surface area contributed by atoms with Crippen LogP contribution in [-0.4, -0.2) is 28.5 Å². The van der Waals surface area contributed by atoms with Crippen molar-refractivity contribution in [1.82, 2.24) is 9.47 Å². The van der Waals surface area contributed by atoms with E-state index in [1.807, 2.05) is 28.8 Å². The van der Waals surface area contributed by atoms with E-state index in [2.05, 4.69) is 22.9 Å². The molecule has 0 aromatic carbocycles. The highest BCUT2D eigenvalue weighted by Crippen LogP contribution is 2.22. The van der Waals surface area contributed by atoms with Crippen molar-refractivity contribution < 1.29 is 4.79 Å². The molecule has 1 unspecified atom stereocenters. The van der Waals surface area contributed by atoms with Gasteiger partial charge in [0.15, 0.2) is 0 Å². The number of hydrogen-bond donors (Lipinski definition) is 0. The van der Waals surface area contributed by atoms with Crippen LogP contribution in [0.2, 0.25) is 0 Å². The highest BCUT2D eigenvalue weighted by molar-refractivity contribution is 9.10. The van der Waals surface area contributed by atoms with E-state index >= 15 is 0 Å². The second-order valence-electron chi connectivity index (χ2n) is 4.47. The van der Waals surface area contributed by atoms with Crippen molar-refractivity contribution in [2.45, 2.75) is 19.8 Å². The van der Waals surface area contributed by atoms with Gasteiger partial charge in [-0.25, -0.2) is 0 Å². The summed E-state index contributed by atoms with van der Waals surface area (Å²) in [6.07, 6.45) is 4.23. The lowest BCUT2D eigenvalue weighted by atomic mass is 10.1. The molecule has 0 spiro atoms. The van der Waals surface area contributed by atoms with E-state index < -0.39 is 0 Å². The highest BCUT2D eigenvalue weighted by Gasteiger charge is 2.27. The Hall–Kier alpha value is -0.770. The molecule has 1 atom stereocenters. The zero-order valence-corrected chi connectivity index (χ0v) is 11.3. The number of rotatable bonds is 2. The van der Waals surface area contributed by atoms with Crippen LogP contribution in [0.25, 0.3) is 0 Å². The lowest BCUT2D eigenvalue weighted by Crippen LogP contribution is -2.30. The predicted molar refractivity (Wildman–Crippen MR) is 67.4 cm³/mol. The fraction of sp³-hybridized carbons (Fsp3) is 0.583. The second kappa shape index (κ2) is 4.62. The van der Waals surface area contributed by atoms with Crippen molar-refractivity contribution in [3.05, 3.63) is 22.4 Å². The van der Waals surface area contributed by atoms with E-state index in [4.69, 9.17) is 0 Å². The Morgan fingerprint density at radius 3 is 2.88 bits per heavy atom. The SMILES string of the molecule is CCC1CCN(C(=O)c2cc(Br)cn2C)C1. The van der Waals surface area contributed by atoms with Crippen molar-refractivity contribution in [2.24, 2.45) is 13.0 Å². The predicted octanol–water partition coefficient (Wildman–Crippen LogP) is 2.66. The van der Waals surface area contributed by atoms with E-state index in [0.717, 1.165) is 29.7 Å². The van der Waals surface area contributed by atoms with Gasteiger partial charge in [0.05, 0.1) is 0 Å². The number of nitrogens with zero attached hydrogens (tertiary/aromatic N) is 2. The molecule has 1 aromatic rings. The minimum absolute atomic E-state index is 0.157. The molecule has 0 bridgehead atoms. The van der Waals surface area contributed by atoms with Crippen molar-refractivity contribution in [2.75, 3.05) is 13.1 Å². The number of aryl methyl sites for hydroxylation is 1. The third-order valence-electron chi connectivity index (χ3n) is 3.34. The Morgan fingerprint density at radius 1 is 1.62 bits per heavy atom. The molecule has 0 saturated carbocycles. The van der Waals surface area contributed by atoms with E-state index in [-0.39, 0.29) is 5.91 Å². The van der Waals surface area contributed by atoms with Crippen LogP contribution in [0.15, 0.2) is 16.7 Å². The van der Waals surface area contributed by atoms with Crippen LogP contribution in [0.5, 0.6) is 0 Å². The lowest BCUT2D eigenvalue weighted by molar-refractivity contribution is 0.0777. The molecule has 4 heteroatoms. The molecule has 2 heterocycles. The van der Waals surface area contributed by atoms with E-state index in [0.29, 0.717) is 5.92 Å². The zero-order valence-electron chi connectivity index (χ0n) is 9.74. The Kier molecular flexibility index (Phi) is 3.38. The quantitative estimate of drug-likeness (QED) is 0.820. The number of aromatic nitrogens is 1. The van der Waals surface area contributed by atoms with Gasteiger partial charge in [-0.05, 0) is 34.3 Å². The van der Waals surface area contributed by atoms with Gasteiger partial charge in [0, 0.05) is 30.8 Å². The number of carbonyl (C=O) groups excluding carboxylic acids is 1.